The number of fused-ring (bicyclic) bond motifs is 1. The van der Waals surface area contributed by atoms with Crippen molar-refractivity contribution in [2.24, 2.45) is 5.10 Å². The number of carbonyl (C=O) groups excluding carboxylic acids is 1. The number of hydrogen-bond donors (Lipinski definition) is 1. The van der Waals surface area contributed by atoms with E-state index < -0.39 is 5.91 Å². The SMILES string of the molecule is COc1ccc(-c2nn(-c3ccccc3)cc2C=NNC(=O)c2sc3cc(OC)ccc3c2Cl)cc1. The van der Waals surface area contributed by atoms with Crippen molar-refractivity contribution in [2.45, 2.75) is 0 Å². The zero-order chi connectivity index (χ0) is 25.1. The molecule has 0 atom stereocenters. The van der Waals surface area contributed by atoms with Crippen molar-refractivity contribution in [3.8, 4) is 28.4 Å². The van der Waals surface area contributed by atoms with E-state index in [2.05, 4.69) is 10.5 Å². The first-order valence-corrected chi connectivity index (χ1v) is 12.2. The molecule has 0 saturated heterocycles. The number of nitrogens with one attached hydrogen (secondary N) is 1. The highest BCUT2D eigenvalue weighted by Gasteiger charge is 2.18. The lowest BCUT2D eigenvalue weighted by atomic mass is 10.1. The molecule has 0 radical (unpaired) electrons. The Morgan fingerprint density at radius 1 is 1.03 bits per heavy atom. The molecule has 0 aliphatic rings. The zero-order valence-corrected chi connectivity index (χ0v) is 21.0. The molecule has 0 saturated carbocycles. The van der Waals surface area contributed by atoms with Crippen LogP contribution in [0.1, 0.15) is 15.2 Å². The third-order valence-corrected chi connectivity index (χ3v) is 7.20. The van der Waals surface area contributed by atoms with Crippen LogP contribution in [0.4, 0.5) is 0 Å². The van der Waals surface area contributed by atoms with Gasteiger partial charge in [0.2, 0.25) is 0 Å². The first-order chi connectivity index (χ1) is 17.6. The summed E-state index contributed by atoms with van der Waals surface area (Å²) in [5, 5.41) is 10.2. The summed E-state index contributed by atoms with van der Waals surface area (Å²) >= 11 is 7.76. The molecule has 5 aromatic rings. The molecule has 0 aliphatic carbocycles. The molecular formula is C27H21ClN4O3S. The van der Waals surface area contributed by atoms with E-state index in [4.69, 9.17) is 26.2 Å². The predicted molar refractivity (Wildman–Crippen MR) is 144 cm³/mol. The lowest BCUT2D eigenvalue weighted by Gasteiger charge is -2.02. The number of rotatable bonds is 7. The Balaban J connectivity index is 1.43. The van der Waals surface area contributed by atoms with Crippen molar-refractivity contribution < 1.29 is 14.3 Å². The van der Waals surface area contributed by atoms with E-state index in [1.165, 1.54) is 11.3 Å². The summed E-state index contributed by atoms with van der Waals surface area (Å²) in [6.07, 6.45) is 3.44. The molecule has 0 bridgehead atoms. The average molecular weight is 517 g/mol. The smallest absolute Gasteiger partial charge is 0.283 e. The Morgan fingerprint density at radius 2 is 1.75 bits per heavy atom. The third-order valence-electron chi connectivity index (χ3n) is 5.54. The van der Waals surface area contributed by atoms with Crippen LogP contribution < -0.4 is 14.9 Å². The molecule has 2 heterocycles. The maximum absolute atomic E-state index is 12.9. The van der Waals surface area contributed by atoms with Gasteiger partial charge < -0.3 is 9.47 Å². The summed E-state index contributed by atoms with van der Waals surface area (Å²) in [4.78, 5) is 13.2. The molecular weight excluding hydrogens is 496 g/mol. The fourth-order valence-electron chi connectivity index (χ4n) is 3.70. The minimum absolute atomic E-state index is 0.382. The van der Waals surface area contributed by atoms with Gasteiger partial charge in [-0.2, -0.15) is 10.2 Å². The Hall–Kier alpha value is -4.14. The molecule has 1 amide bonds. The van der Waals surface area contributed by atoms with Crippen LogP contribution in [0.2, 0.25) is 5.02 Å². The number of para-hydroxylation sites is 1. The molecule has 9 heteroatoms. The van der Waals surface area contributed by atoms with Gasteiger partial charge in [0.1, 0.15) is 22.1 Å². The number of thiophene rings is 1. The number of benzene rings is 3. The Kier molecular flexibility index (Phi) is 6.71. The van der Waals surface area contributed by atoms with E-state index in [0.29, 0.717) is 21.3 Å². The van der Waals surface area contributed by atoms with Gasteiger partial charge in [-0.25, -0.2) is 10.1 Å². The number of hydrogen-bond acceptors (Lipinski definition) is 6. The first kappa shape index (κ1) is 23.6. The van der Waals surface area contributed by atoms with Gasteiger partial charge >= 0.3 is 0 Å². The van der Waals surface area contributed by atoms with Gasteiger partial charge in [0, 0.05) is 27.4 Å². The van der Waals surface area contributed by atoms with Crippen LogP contribution in [-0.2, 0) is 0 Å². The lowest BCUT2D eigenvalue weighted by molar-refractivity contribution is 0.0959. The maximum Gasteiger partial charge on any atom is 0.283 e. The van der Waals surface area contributed by atoms with Crippen molar-refractivity contribution in [1.82, 2.24) is 15.2 Å². The van der Waals surface area contributed by atoms with Gasteiger partial charge in [-0.3, -0.25) is 4.79 Å². The van der Waals surface area contributed by atoms with E-state index in [9.17, 15) is 4.79 Å². The van der Waals surface area contributed by atoms with Crippen molar-refractivity contribution in [3.05, 3.63) is 94.5 Å². The molecule has 36 heavy (non-hydrogen) atoms. The summed E-state index contributed by atoms with van der Waals surface area (Å²) in [6, 6.07) is 22.9. The van der Waals surface area contributed by atoms with E-state index in [-0.39, 0.29) is 0 Å². The summed E-state index contributed by atoms with van der Waals surface area (Å²) in [5.74, 6) is 1.06. The highest BCUT2D eigenvalue weighted by molar-refractivity contribution is 7.21. The molecule has 7 nitrogen and oxygen atoms in total. The quantitative estimate of drug-likeness (QED) is 0.207. The van der Waals surface area contributed by atoms with Crippen LogP contribution in [0.3, 0.4) is 0 Å². The number of aromatic nitrogens is 2. The second kappa shape index (κ2) is 10.2. The number of hydrazone groups is 1. The molecule has 3 aromatic carbocycles. The molecule has 0 spiro atoms. The van der Waals surface area contributed by atoms with Crippen LogP contribution in [0.5, 0.6) is 11.5 Å². The molecule has 0 fully saturated rings. The highest BCUT2D eigenvalue weighted by Crippen LogP contribution is 2.37. The zero-order valence-electron chi connectivity index (χ0n) is 19.4. The topological polar surface area (TPSA) is 77.7 Å². The fourth-order valence-corrected chi connectivity index (χ4v) is 5.13. The number of halogens is 1. The van der Waals surface area contributed by atoms with Crippen molar-refractivity contribution in [2.75, 3.05) is 14.2 Å². The standard InChI is InChI=1S/C27H21ClN4O3S/c1-34-20-10-8-17(9-11-20)25-18(16-32(31-25)19-6-4-3-5-7-19)15-29-30-27(33)26-24(28)22-13-12-21(35-2)14-23(22)36-26/h3-16H,1-2H3,(H,30,33). The minimum atomic E-state index is -0.391. The summed E-state index contributed by atoms with van der Waals surface area (Å²) in [7, 11) is 3.22. The van der Waals surface area contributed by atoms with Crippen LogP contribution in [0.25, 0.3) is 27.0 Å². The van der Waals surface area contributed by atoms with Gasteiger partial charge in [-0.15, -0.1) is 11.3 Å². The van der Waals surface area contributed by atoms with Gasteiger partial charge in [-0.1, -0.05) is 29.8 Å². The minimum Gasteiger partial charge on any atom is -0.497 e. The molecule has 0 unspecified atom stereocenters. The molecule has 1 N–H and O–H groups in total. The number of carbonyl (C=O) groups is 1. The summed E-state index contributed by atoms with van der Waals surface area (Å²) in [5.41, 5.74) is 5.83. The van der Waals surface area contributed by atoms with Crippen molar-refractivity contribution in [3.63, 3.8) is 0 Å². The molecule has 0 aliphatic heterocycles. The average Bonchev–Trinajstić information content (AvgIpc) is 3.50. The summed E-state index contributed by atoms with van der Waals surface area (Å²) < 4.78 is 13.2. The second-order valence-corrected chi connectivity index (χ2v) is 9.18. The number of amides is 1. The number of ether oxygens (including phenoxy) is 2. The fraction of sp³-hybridized carbons (Fsp3) is 0.0741. The predicted octanol–water partition coefficient (Wildman–Crippen LogP) is 6.19. The molecule has 180 valence electrons. The Bertz CT molecular complexity index is 1560. The Morgan fingerprint density at radius 3 is 2.47 bits per heavy atom. The van der Waals surface area contributed by atoms with Gasteiger partial charge in [0.15, 0.2) is 0 Å². The van der Waals surface area contributed by atoms with Gasteiger partial charge in [0.25, 0.3) is 5.91 Å². The monoisotopic (exact) mass is 516 g/mol. The number of nitrogens with zero attached hydrogens (tertiary/aromatic N) is 3. The van der Waals surface area contributed by atoms with Gasteiger partial charge in [-0.05, 0) is 54.6 Å². The Labute approximate surface area is 216 Å². The largest absolute Gasteiger partial charge is 0.497 e. The van der Waals surface area contributed by atoms with E-state index in [1.54, 1.807) is 25.1 Å². The van der Waals surface area contributed by atoms with Crippen LogP contribution >= 0.6 is 22.9 Å². The third kappa shape index (κ3) is 4.68. The van der Waals surface area contributed by atoms with E-state index >= 15 is 0 Å². The van der Waals surface area contributed by atoms with Crippen molar-refractivity contribution >= 4 is 45.1 Å². The molecule has 2 aromatic heterocycles. The normalized spacial score (nSPS) is 11.2. The van der Waals surface area contributed by atoms with Crippen LogP contribution in [-0.4, -0.2) is 36.1 Å². The summed E-state index contributed by atoms with van der Waals surface area (Å²) in [6.45, 7) is 0. The maximum atomic E-state index is 12.9. The second-order valence-electron chi connectivity index (χ2n) is 7.75. The highest BCUT2D eigenvalue weighted by atomic mass is 35.5. The first-order valence-electron chi connectivity index (χ1n) is 11.0. The lowest BCUT2D eigenvalue weighted by Crippen LogP contribution is -2.16. The van der Waals surface area contributed by atoms with E-state index in [0.717, 1.165) is 32.6 Å². The molecule has 5 rings (SSSR count). The number of methoxy groups -OCH3 is 2. The van der Waals surface area contributed by atoms with Crippen LogP contribution in [0, 0.1) is 0 Å². The van der Waals surface area contributed by atoms with Crippen LogP contribution in [0.15, 0.2) is 84.1 Å². The van der Waals surface area contributed by atoms with Gasteiger partial charge in [0.05, 0.1) is 31.1 Å². The van der Waals surface area contributed by atoms with Crippen molar-refractivity contribution in [1.29, 1.82) is 0 Å². The van der Waals surface area contributed by atoms with E-state index in [1.807, 2.05) is 79.0 Å².